The number of amides is 1. The minimum atomic E-state index is -0.546. The van der Waals surface area contributed by atoms with Gasteiger partial charge in [-0.15, -0.1) is 5.59 Å². The van der Waals surface area contributed by atoms with Gasteiger partial charge in [0.25, 0.3) is 5.91 Å². The van der Waals surface area contributed by atoms with E-state index < -0.39 is 5.91 Å². The molecule has 0 bridgehead atoms. The zero-order valence-electron chi connectivity index (χ0n) is 12.3. The summed E-state index contributed by atoms with van der Waals surface area (Å²) in [6, 6.07) is 5.45. The molecule has 120 valence electrons. The van der Waals surface area contributed by atoms with Crippen molar-refractivity contribution in [2.45, 2.75) is 38.1 Å². The van der Waals surface area contributed by atoms with Gasteiger partial charge < -0.3 is 10.1 Å². The second-order valence-electron chi connectivity index (χ2n) is 5.21. The van der Waals surface area contributed by atoms with Crippen LogP contribution in [0.5, 0.6) is 5.75 Å². The van der Waals surface area contributed by atoms with E-state index in [0.29, 0.717) is 23.8 Å². The molecule has 1 aliphatic rings. The smallest absolute Gasteiger partial charge is 0.270 e. The van der Waals surface area contributed by atoms with Crippen molar-refractivity contribution < 1.29 is 19.5 Å². The Labute approximate surface area is 129 Å². The van der Waals surface area contributed by atoms with Crippen molar-refractivity contribution in [1.29, 1.82) is 0 Å². The molecule has 0 saturated heterocycles. The van der Waals surface area contributed by atoms with E-state index >= 15 is 0 Å². The molecule has 2 rings (SSSR count). The molecule has 7 heteroatoms. The summed E-state index contributed by atoms with van der Waals surface area (Å²) in [6.45, 7) is -0.143. The molecule has 1 fully saturated rings. The standard InChI is InChI=1S/C15H21N3O4/c19-9-10-22-14-12(15(20)17-18-21)7-4-8-13(14)16-11-5-2-1-3-6-11/h4,7-9,11,16,18,21H,1-3,5-6,10H2,(H,17,20). The van der Waals surface area contributed by atoms with Crippen LogP contribution in [0.1, 0.15) is 42.5 Å². The molecule has 0 spiro atoms. The molecular formula is C15H21N3O4. The number of para-hydroxylation sites is 1. The molecule has 0 atom stereocenters. The van der Waals surface area contributed by atoms with Crippen molar-refractivity contribution in [1.82, 2.24) is 11.0 Å². The minimum absolute atomic E-state index is 0.143. The van der Waals surface area contributed by atoms with Gasteiger partial charge in [0.15, 0.2) is 12.0 Å². The zero-order valence-corrected chi connectivity index (χ0v) is 12.3. The molecule has 4 N–H and O–H groups in total. The van der Waals surface area contributed by atoms with Crippen LogP contribution in [-0.4, -0.2) is 30.0 Å². The maximum absolute atomic E-state index is 11.9. The summed E-state index contributed by atoms with van der Waals surface area (Å²) in [5, 5.41) is 12.0. The van der Waals surface area contributed by atoms with E-state index in [9.17, 15) is 9.59 Å². The summed E-state index contributed by atoms with van der Waals surface area (Å²) >= 11 is 0. The second kappa shape index (κ2) is 8.35. The maximum atomic E-state index is 11.9. The summed E-state index contributed by atoms with van der Waals surface area (Å²) < 4.78 is 5.43. The molecule has 22 heavy (non-hydrogen) atoms. The molecule has 1 saturated carbocycles. The number of hydrazine groups is 1. The van der Waals surface area contributed by atoms with E-state index in [1.165, 1.54) is 19.3 Å². The predicted molar refractivity (Wildman–Crippen MR) is 80.9 cm³/mol. The molecule has 0 aromatic heterocycles. The zero-order chi connectivity index (χ0) is 15.8. The maximum Gasteiger partial charge on any atom is 0.270 e. The van der Waals surface area contributed by atoms with Gasteiger partial charge in [0.05, 0.1) is 11.3 Å². The number of carbonyl (C=O) groups is 2. The first-order valence-corrected chi connectivity index (χ1v) is 7.41. The molecule has 0 heterocycles. The number of ether oxygens (including phenoxy) is 1. The largest absolute Gasteiger partial charge is 0.483 e. The van der Waals surface area contributed by atoms with Crippen molar-refractivity contribution in [3.05, 3.63) is 23.8 Å². The summed E-state index contributed by atoms with van der Waals surface area (Å²) in [5.74, 6) is -0.233. The van der Waals surface area contributed by atoms with Crippen LogP contribution in [-0.2, 0) is 4.79 Å². The fourth-order valence-corrected chi connectivity index (χ4v) is 2.69. The number of hydrogen-bond donors (Lipinski definition) is 4. The van der Waals surface area contributed by atoms with E-state index in [1.807, 2.05) is 6.07 Å². The van der Waals surface area contributed by atoms with E-state index in [-0.39, 0.29) is 12.2 Å². The van der Waals surface area contributed by atoms with Crippen LogP contribution >= 0.6 is 0 Å². The highest BCUT2D eigenvalue weighted by atomic mass is 16.5. The second-order valence-corrected chi connectivity index (χ2v) is 5.21. The van der Waals surface area contributed by atoms with Gasteiger partial charge >= 0.3 is 0 Å². The Balaban J connectivity index is 2.23. The van der Waals surface area contributed by atoms with Crippen LogP contribution in [0.3, 0.4) is 0 Å². The van der Waals surface area contributed by atoms with Crippen molar-refractivity contribution in [2.75, 3.05) is 11.9 Å². The van der Waals surface area contributed by atoms with E-state index in [1.54, 1.807) is 17.7 Å². The Morgan fingerprint density at radius 1 is 1.32 bits per heavy atom. The first-order chi connectivity index (χ1) is 10.8. The molecule has 1 aromatic rings. The van der Waals surface area contributed by atoms with E-state index in [0.717, 1.165) is 12.8 Å². The third kappa shape index (κ3) is 4.19. The number of aldehydes is 1. The van der Waals surface area contributed by atoms with Crippen LogP contribution in [0.25, 0.3) is 0 Å². The molecular weight excluding hydrogens is 286 g/mol. The van der Waals surface area contributed by atoms with Crippen LogP contribution in [0.15, 0.2) is 18.2 Å². The number of benzene rings is 1. The lowest BCUT2D eigenvalue weighted by atomic mass is 9.95. The number of rotatable bonds is 7. The molecule has 7 nitrogen and oxygen atoms in total. The summed E-state index contributed by atoms with van der Waals surface area (Å²) in [6.07, 6.45) is 6.37. The average Bonchev–Trinajstić information content (AvgIpc) is 2.54. The van der Waals surface area contributed by atoms with Crippen molar-refractivity contribution in [3.8, 4) is 5.75 Å². The van der Waals surface area contributed by atoms with Gasteiger partial charge in [0.2, 0.25) is 0 Å². The lowest BCUT2D eigenvalue weighted by molar-refractivity contribution is -0.109. The Morgan fingerprint density at radius 2 is 2.09 bits per heavy atom. The Hall–Kier alpha value is -2.12. The number of hydrogen-bond acceptors (Lipinski definition) is 6. The van der Waals surface area contributed by atoms with Gasteiger partial charge in [-0.05, 0) is 25.0 Å². The van der Waals surface area contributed by atoms with Gasteiger partial charge in [-0.2, -0.15) is 0 Å². The SMILES string of the molecule is O=CCOc1c(NC2CCCCC2)cccc1C(=O)NNO. The molecule has 1 aliphatic carbocycles. The fourth-order valence-electron chi connectivity index (χ4n) is 2.69. The number of anilines is 1. The van der Waals surface area contributed by atoms with Gasteiger partial charge in [-0.3, -0.25) is 20.2 Å². The van der Waals surface area contributed by atoms with E-state index in [4.69, 9.17) is 9.94 Å². The molecule has 0 radical (unpaired) electrons. The van der Waals surface area contributed by atoms with Gasteiger partial charge in [0.1, 0.15) is 6.61 Å². The quantitative estimate of drug-likeness (QED) is 0.451. The normalized spacial score (nSPS) is 15.1. The first kappa shape index (κ1) is 16.3. The van der Waals surface area contributed by atoms with E-state index in [2.05, 4.69) is 10.7 Å². The Bertz CT molecular complexity index is 516. The third-order valence-corrected chi connectivity index (χ3v) is 3.69. The van der Waals surface area contributed by atoms with Crippen molar-refractivity contribution in [3.63, 3.8) is 0 Å². The summed E-state index contributed by atoms with van der Waals surface area (Å²) in [5.41, 5.74) is 4.61. The van der Waals surface area contributed by atoms with Crippen molar-refractivity contribution in [2.24, 2.45) is 0 Å². The monoisotopic (exact) mass is 307 g/mol. The topological polar surface area (TPSA) is 99.7 Å². The highest BCUT2D eigenvalue weighted by Gasteiger charge is 2.19. The fraction of sp³-hybridized carbons (Fsp3) is 0.467. The Kier molecular flexibility index (Phi) is 6.17. The minimum Gasteiger partial charge on any atom is -0.483 e. The number of carbonyl (C=O) groups excluding carboxylic acids is 2. The molecule has 0 aliphatic heterocycles. The summed E-state index contributed by atoms with van der Waals surface area (Å²) in [7, 11) is 0. The third-order valence-electron chi connectivity index (χ3n) is 3.69. The molecule has 1 amide bonds. The molecule has 0 unspecified atom stereocenters. The van der Waals surface area contributed by atoms with Gasteiger partial charge in [-0.1, -0.05) is 25.3 Å². The van der Waals surface area contributed by atoms with Crippen LogP contribution in [0.2, 0.25) is 0 Å². The first-order valence-electron chi connectivity index (χ1n) is 7.41. The predicted octanol–water partition coefficient (Wildman–Crippen LogP) is 1.63. The number of nitrogens with one attached hydrogen (secondary N) is 3. The highest BCUT2D eigenvalue weighted by Crippen LogP contribution is 2.31. The lowest BCUT2D eigenvalue weighted by Crippen LogP contribution is -2.35. The lowest BCUT2D eigenvalue weighted by Gasteiger charge is -2.25. The highest BCUT2D eigenvalue weighted by molar-refractivity contribution is 5.98. The van der Waals surface area contributed by atoms with Crippen molar-refractivity contribution >= 4 is 17.9 Å². The van der Waals surface area contributed by atoms with Gasteiger partial charge in [0, 0.05) is 6.04 Å². The van der Waals surface area contributed by atoms with Gasteiger partial charge in [-0.25, -0.2) is 0 Å². The summed E-state index contributed by atoms with van der Waals surface area (Å²) in [4.78, 5) is 22.5. The average molecular weight is 307 g/mol. The van der Waals surface area contributed by atoms with Crippen LogP contribution in [0.4, 0.5) is 5.69 Å². The Morgan fingerprint density at radius 3 is 2.77 bits per heavy atom. The van der Waals surface area contributed by atoms with Crippen LogP contribution in [0, 0.1) is 0 Å². The van der Waals surface area contributed by atoms with Crippen LogP contribution < -0.4 is 21.1 Å². The molecule has 1 aromatic carbocycles.